The Kier molecular flexibility index (Phi) is 2.77. The van der Waals surface area contributed by atoms with Crippen LogP contribution in [0, 0.1) is 0 Å². The summed E-state index contributed by atoms with van der Waals surface area (Å²) < 4.78 is 0. The highest BCUT2D eigenvalue weighted by Crippen LogP contribution is 2.23. The second kappa shape index (κ2) is 3.44. The summed E-state index contributed by atoms with van der Waals surface area (Å²) in [7, 11) is 0. The number of hydrogen-bond donors (Lipinski definition) is 0. The maximum absolute atomic E-state index is 10.9. The average molecular weight is 176 g/mol. The van der Waals surface area contributed by atoms with Gasteiger partial charge in [-0.3, -0.25) is 4.79 Å². The number of rotatable bonds is 0. The topological polar surface area (TPSA) is 20.3 Å². The van der Waals surface area contributed by atoms with Crippen molar-refractivity contribution >= 4 is 17.0 Å². The molecule has 0 aromatic rings. The van der Waals surface area contributed by atoms with Crippen molar-refractivity contribution in [3.05, 3.63) is 0 Å². The zero-order valence-corrected chi connectivity index (χ0v) is 7.77. The summed E-state index contributed by atoms with van der Waals surface area (Å²) in [5, 5.41) is -0.301. The summed E-state index contributed by atoms with van der Waals surface area (Å²) in [5.74, 6) is 0. The molecule has 2 nitrogen and oxygen atoms in total. The molecule has 1 fully saturated rings. The number of likely N-dealkylation sites (tertiary alicyclic amines) is 1. The molecule has 1 heterocycles. The first-order chi connectivity index (χ1) is 5.13. The van der Waals surface area contributed by atoms with Crippen molar-refractivity contribution in [1.82, 2.24) is 4.90 Å². The molecule has 0 bridgehead atoms. The van der Waals surface area contributed by atoms with Crippen molar-refractivity contribution in [3.8, 4) is 0 Å². The molecule has 11 heavy (non-hydrogen) atoms. The van der Waals surface area contributed by atoms with Gasteiger partial charge in [0, 0.05) is 12.1 Å². The summed E-state index contributed by atoms with van der Waals surface area (Å²) in [6.45, 7) is 4.10. The smallest absolute Gasteiger partial charge is 0.316 e. The summed E-state index contributed by atoms with van der Waals surface area (Å²) in [5.41, 5.74) is 0. The number of nitrogens with zero attached hydrogens (tertiary/aromatic N) is 1. The molecule has 3 heteroatoms. The Balaban J connectivity index is 2.62. The summed E-state index contributed by atoms with van der Waals surface area (Å²) in [6, 6.07) is 0.646. The van der Waals surface area contributed by atoms with Crippen LogP contribution in [-0.2, 0) is 0 Å². The number of amides is 1. The maximum Gasteiger partial charge on any atom is 0.316 e. The number of hydrogen-bond acceptors (Lipinski definition) is 1. The fourth-order valence-electron chi connectivity index (χ4n) is 1.77. The lowest BCUT2D eigenvalue weighted by molar-refractivity contribution is 0.141. The molecule has 0 aromatic carbocycles. The maximum atomic E-state index is 10.9. The number of halogens is 1. The normalized spacial score (nSPS) is 32.1. The van der Waals surface area contributed by atoms with Gasteiger partial charge in [-0.2, -0.15) is 0 Å². The predicted molar refractivity (Wildman–Crippen MR) is 45.9 cm³/mol. The van der Waals surface area contributed by atoms with Crippen molar-refractivity contribution in [2.45, 2.75) is 45.2 Å². The monoisotopic (exact) mass is 175 g/mol. The molecule has 1 unspecified atom stereocenters. The van der Waals surface area contributed by atoms with Gasteiger partial charge in [-0.25, -0.2) is 0 Å². The number of carbonyl (C=O) groups excluding carboxylic acids is 1. The van der Waals surface area contributed by atoms with E-state index < -0.39 is 0 Å². The van der Waals surface area contributed by atoms with Crippen LogP contribution in [0.5, 0.6) is 0 Å². The molecular formula is C8H14ClNO. The van der Waals surface area contributed by atoms with Crippen LogP contribution in [0.3, 0.4) is 0 Å². The molecule has 2 atom stereocenters. The molecule has 0 radical (unpaired) electrons. The summed E-state index contributed by atoms with van der Waals surface area (Å²) >= 11 is 5.43. The highest BCUT2D eigenvalue weighted by molar-refractivity contribution is 6.62. The lowest BCUT2D eigenvalue weighted by Crippen LogP contribution is -2.45. The molecule has 1 aliphatic heterocycles. The van der Waals surface area contributed by atoms with E-state index >= 15 is 0 Å². The minimum atomic E-state index is -0.301. The lowest BCUT2D eigenvalue weighted by Gasteiger charge is -2.37. The SMILES string of the molecule is CC1CCC[C@@H](C)N1C(=O)Cl. The molecule has 0 aliphatic carbocycles. The molecule has 64 valence electrons. The van der Waals surface area contributed by atoms with Crippen LogP contribution in [0.2, 0.25) is 0 Å². The standard InChI is InChI=1S/C8H14ClNO/c1-6-4-3-5-7(2)10(6)8(9)11/h6-7H,3-5H2,1-2H3/t6-,7?/m1/s1. The van der Waals surface area contributed by atoms with Gasteiger partial charge in [0.05, 0.1) is 0 Å². The van der Waals surface area contributed by atoms with Gasteiger partial charge in [0.1, 0.15) is 0 Å². The molecule has 1 amide bonds. The second-order valence-corrected chi connectivity index (χ2v) is 3.61. The van der Waals surface area contributed by atoms with E-state index in [0.717, 1.165) is 12.8 Å². The minimum Gasteiger partial charge on any atom is -0.324 e. The summed E-state index contributed by atoms with van der Waals surface area (Å²) in [4.78, 5) is 12.7. The first-order valence-corrected chi connectivity index (χ1v) is 4.48. The molecule has 0 N–H and O–H groups in total. The number of carbonyl (C=O) groups is 1. The van der Waals surface area contributed by atoms with E-state index in [1.165, 1.54) is 6.42 Å². The zero-order chi connectivity index (χ0) is 8.43. The van der Waals surface area contributed by atoms with Crippen LogP contribution in [-0.4, -0.2) is 22.3 Å². The van der Waals surface area contributed by atoms with Crippen molar-refractivity contribution in [3.63, 3.8) is 0 Å². The van der Waals surface area contributed by atoms with E-state index in [-0.39, 0.29) is 5.37 Å². The summed E-state index contributed by atoms with van der Waals surface area (Å²) in [6.07, 6.45) is 3.38. The Labute approximate surface area is 72.5 Å². The van der Waals surface area contributed by atoms with Crippen molar-refractivity contribution in [2.75, 3.05) is 0 Å². The number of piperidine rings is 1. The fraction of sp³-hybridized carbons (Fsp3) is 0.875. The van der Waals surface area contributed by atoms with E-state index in [1.54, 1.807) is 4.90 Å². The van der Waals surface area contributed by atoms with Crippen molar-refractivity contribution < 1.29 is 4.79 Å². The van der Waals surface area contributed by atoms with Gasteiger partial charge in [-0.15, -0.1) is 0 Å². The van der Waals surface area contributed by atoms with Crippen molar-refractivity contribution in [1.29, 1.82) is 0 Å². The van der Waals surface area contributed by atoms with E-state index in [2.05, 4.69) is 13.8 Å². The first kappa shape index (κ1) is 8.85. The largest absolute Gasteiger partial charge is 0.324 e. The van der Waals surface area contributed by atoms with Crippen LogP contribution in [0.4, 0.5) is 4.79 Å². The predicted octanol–water partition coefficient (Wildman–Crippen LogP) is 2.61. The molecule has 1 aliphatic rings. The third-order valence-corrected chi connectivity index (χ3v) is 2.59. The van der Waals surface area contributed by atoms with Gasteiger partial charge in [-0.1, -0.05) is 0 Å². The molecule has 1 rings (SSSR count). The van der Waals surface area contributed by atoms with E-state index in [9.17, 15) is 4.79 Å². The van der Waals surface area contributed by atoms with Gasteiger partial charge in [-0.05, 0) is 44.7 Å². The van der Waals surface area contributed by atoms with Crippen LogP contribution in [0.1, 0.15) is 33.1 Å². The third kappa shape index (κ3) is 1.86. The van der Waals surface area contributed by atoms with Crippen LogP contribution >= 0.6 is 11.6 Å². The van der Waals surface area contributed by atoms with Gasteiger partial charge in [0.2, 0.25) is 0 Å². The Morgan fingerprint density at radius 3 is 2.09 bits per heavy atom. The highest BCUT2D eigenvalue weighted by Gasteiger charge is 2.27. The van der Waals surface area contributed by atoms with Crippen LogP contribution in [0.25, 0.3) is 0 Å². The second-order valence-electron chi connectivity index (χ2n) is 3.29. The van der Waals surface area contributed by atoms with Gasteiger partial charge >= 0.3 is 5.37 Å². The quantitative estimate of drug-likeness (QED) is 0.410. The zero-order valence-electron chi connectivity index (χ0n) is 7.01. The fourth-order valence-corrected chi connectivity index (χ4v) is 2.10. The van der Waals surface area contributed by atoms with Crippen LogP contribution < -0.4 is 0 Å². The highest BCUT2D eigenvalue weighted by atomic mass is 35.5. The Morgan fingerprint density at radius 1 is 1.36 bits per heavy atom. The first-order valence-electron chi connectivity index (χ1n) is 4.10. The van der Waals surface area contributed by atoms with Crippen molar-refractivity contribution in [2.24, 2.45) is 0 Å². The Bertz CT molecular complexity index is 150. The lowest BCUT2D eigenvalue weighted by atomic mass is 9.99. The van der Waals surface area contributed by atoms with Crippen LogP contribution in [0.15, 0.2) is 0 Å². The molecular weight excluding hydrogens is 162 g/mol. The van der Waals surface area contributed by atoms with E-state index in [1.807, 2.05) is 0 Å². The van der Waals surface area contributed by atoms with E-state index in [0.29, 0.717) is 12.1 Å². The van der Waals surface area contributed by atoms with Gasteiger partial charge in [0.25, 0.3) is 0 Å². The Hall–Kier alpha value is -0.240. The molecule has 0 aromatic heterocycles. The Morgan fingerprint density at radius 2 is 1.82 bits per heavy atom. The molecule has 0 saturated carbocycles. The van der Waals surface area contributed by atoms with E-state index in [4.69, 9.17) is 11.6 Å². The van der Waals surface area contributed by atoms with Gasteiger partial charge < -0.3 is 4.90 Å². The average Bonchev–Trinajstić information content (AvgIpc) is 1.85. The molecule has 1 saturated heterocycles. The molecule has 0 spiro atoms. The van der Waals surface area contributed by atoms with Gasteiger partial charge in [0.15, 0.2) is 0 Å². The minimum absolute atomic E-state index is 0.301. The third-order valence-electron chi connectivity index (χ3n) is 2.40.